The maximum Gasteiger partial charge on any atom is 0.256 e. The number of rotatable bonds is 6. The van der Waals surface area contributed by atoms with Gasteiger partial charge in [0.15, 0.2) is 0 Å². The van der Waals surface area contributed by atoms with Crippen molar-refractivity contribution in [3.8, 4) is 5.69 Å². The molecule has 2 aliphatic rings. The highest BCUT2D eigenvalue weighted by molar-refractivity contribution is 5.99. The number of pyridine rings is 1. The van der Waals surface area contributed by atoms with Crippen molar-refractivity contribution in [1.29, 1.82) is 0 Å². The number of fused-ring (bicyclic) bond motifs is 1. The summed E-state index contributed by atoms with van der Waals surface area (Å²) in [4.78, 5) is 22.2. The van der Waals surface area contributed by atoms with Crippen LogP contribution in [0, 0.1) is 24.6 Å². The molecule has 1 N–H and O–H groups in total. The number of halogens is 1. The van der Waals surface area contributed by atoms with E-state index in [9.17, 15) is 9.18 Å². The summed E-state index contributed by atoms with van der Waals surface area (Å²) < 4.78 is 16.4. The van der Waals surface area contributed by atoms with Gasteiger partial charge in [0.2, 0.25) is 0 Å². The molecule has 2 fully saturated rings. The molecule has 3 aromatic rings. The van der Waals surface area contributed by atoms with Crippen LogP contribution in [0.15, 0.2) is 36.8 Å². The molecule has 0 saturated carbocycles. The van der Waals surface area contributed by atoms with Crippen LogP contribution in [0.25, 0.3) is 16.6 Å². The fraction of sp³-hybridized carbons (Fsp3) is 0.533. The predicted octanol–water partition coefficient (Wildman–Crippen LogP) is 4.82. The zero-order chi connectivity index (χ0) is 26.3. The second-order valence-corrected chi connectivity index (χ2v) is 11.4. The number of amides is 1. The van der Waals surface area contributed by atoms with E-state index >= 15 is 0 Å². The Morgan fingerprint density at radius 3 is 2.84 bits per heavy atom. The van der Waals surface area contributed by atoms with Crippen LogP contribution in [0.3, 0.4) is 0 Å². The number of aryl methyl sites for hydroxylation is 1. The number of carbonyl (C=O) groups excluding carboxylic acids is 1. The number of likely N-dealkylation sites (tertiary alicyclic amines) is 1. The average Bonchev–Trinajstić information content (AvgIpc) is 3.49. The third-order valence-electron chi connectivity index (χ3n) is 8.56. The summed E-state index contributed by atoms with van der Waals surface area (Å²) in [6.45, 7) is 12.9. The summed E-state index contributed by atoms with van der Waals surface area (Å²) in [6, 6.07) is 5.20. The number of aromatic nitrogens is 2. The number of carbonyl (C=O) groups is 1. The molecule has 198 valence electrons. The lowest BCUT2D eigenvalue weighted by molar-refractivity contribution is 0.0754. The second kappa shape index (κ2) is 10.5. The summed E-state index contributed by atoms with van der Waals surface area (Å²) >= 11 is 0. The molecule has 2 saturated heterocycles. The van der Waals surface area contributed by atoms with Crippen LogP contribution in [0.4, 0.5) is 4.39 Å². The quantitative estimate of drug-likeness (QED) is 0.522. The van der Waals surface area contributed by atoms with Crippen molar-refractivity contribution in [2.24, 2.45) is 11.8 Å². The minimum Gasteiger partial charge on any atom is -0.339 e. The Kier molecular flexibility index (Phi) is 7.37. The van der Waals surface area contributed by atoms with Gasteiger partial charge in [0, 0.05) is 43.5 Å². The first kappa shape index (κ1) is 25.9. The van der Waals surface area contributed by atoms with Crippen LogP contribution < -0.4 is 5.32 Å². The molecule has 0 aliphatic carbocycles. The maximum atomic E-state index is 14.4. The highest BCUT2D eigenvalue weighted by atomic mass is 19.1. The Morgan fingerprint density at radius 1 is 1.27 bits per heavy atom. The summed E-state index contributed by atoms with van der Waals surface area (Å²) in [5.41, 5.74) is 4.43. The molecule has 1 aromatic carbocycles. The van der Waals surface area contributed by atoms with Crippen LogP contribution in [0.2, 0.25) is 0 Å². The fourth-order valence-corrected chi connectivity index (χ4v) is 6.29. The molecule has 5 rings (SSSR count). The Hall–Kier alpha value is -2.77. The molecule has 37 heavy (non-hydrogen) atoms. The Morgan fingerprint density at radius 2 is 2.08 bits per heavy atom. The minimum atomic E-state index is -0.409. The zero-order valence-corrected chi connectivity index (χ0v) is 22.8. The van der Waals surface area contributed by atoms with Gasteiger partial charge in [-0.25, -0.2) is 4.39 Å². The topological polar surface area (TPSA) is 53.4 Å². The standard InChI is InChI=1S/C30H40FN5O/c1-19(2)34(5)30(37)25-13-24(31)6-7-27(25)36-18-23(29-21(4)15-33-16-28(29)36)12-22-9-11-35(17-22)26-8-10-32-14-20(26)3/h6-7,13,15-16,18-20,22,26,32H,8-12,14,17H2,1-5H3/t20?,22-,26?/m1/s1. The van der Waals surface area contributed by atoms with Crippen LogP contribution in [-0.4, -0.2) is 70.6 Å². The van der Waals surface area contributed by atoms with E-state index in [4.69, 9.17) is 0 Å². The van der Waals surface area contributed by atoms with E-state index in [1.54, 1.807) is 18.0 Å². The lowest BCUT2D eigenvalue weighted by atomic mass is 9.93. The van der Waals surface area contributed by atoms with Gasteiger partial charge in [0.1, 0.15) is 5.82 Å². The Bertz CT molecular complexity index is 1280. The SMILES string of the molecule is Cc1cncc2c1c(C[C@H]1CCN(C3CCNCC3C)C1)cn2-c1ccc(F)cc1C(=O)N(C)C(C)C. The van der Waals surface area contributed by atoms with Crippen LogP contribution >= 0.6 is 0 Å². The van der Waals surface area contributed by atoms with E-state index in [1.165, 1.54) is 35.9 Å². The first-order chi connectivity index (χ1) is 17.7. The normalized spacial score (nSPS) is 22.7. The number of piperidine rings is 1. The van der Waals surface area contributed by atoms with Gasteiger partial charge in [-0.05, 0) is 101 Å². The van der Waals surface area contributed by atoms with Crippen LogP contribution in [-0.2, 0) is 6.42 Å². The lowest BCUT2D eigenvalue weighted by Crippen LogP contribution is -2.47. The van der Waals surface area contributed by atoms with E-state index in [2.05, 4.69) is 35.2 Å². The van der Waals surface area contributed by atoms with Gasteiger partial charge in [-0.2, -0.15) is 0 Å². The molecule has 0 bridgehead atoms. The third kappa shape index (κ3) is 5.04. The summed E-state index contributed by atoms with van der Waals surface area (Å²) in [5.74, 6) is 0.681. The van der Waals surface area contributed by atoms with Gasteiger partial charge in [-0.3, -0.25) is 14.7 Å². The number of nitrogens with zero attached hydrogens (tertiary/aromatic N) is 4. The second-order valence-electron chi connectivity index (χ2n) is 11.4. The molecule has 2 aromatic heterocycles. The van der Waals surface area contributed by atoms with Crippen LogP contribution in [0.5, 0.6) is 0 Å². The minimum absolute atomic E-state index is 0.0115. The van der Waals surface area contributed by atoms with Crippen molar-refractivity contribution in [1.82, 2.24) is 24.7 Å². The molecule has 2 aliphatic heterocycles. The molecular formula is C30H40FN5O. The molecule has 7 heteroatoms. The summed E-state index contributed by atoms with van der Waals surface area (Å²) in [5, 5.41) is 4.72. The molecule has 0 spiro atoms. The molecule has 1 amide bonds. The maximum absolute atomic E-state index is 14.4. The lowest BCUT2D eigenvalue weighted by Gasteiger charge is -2.36. The molecule has 0 radical (unpaired) electrons. The fourth-order valence-electron chi connectivity index (χ4n) is 6.29. The Balaban J connectivity index is 1.49. The number of benzene rings is 1. The van der Waals surface area contributed by atoms with E-state index in [0.717, 1.165) is 43.7 Å². The number of nitrogens with one attached hydrogen (secondary N) is 1. The highest BCUT2D eigenvalue weighted by Gasteiger charge is 2.33. The van der Waals surface area contributed by atoms with Gasteiger partial charge in [0.25, 0.3) is 5.91 Å². The van der Waals surface area contributed by atoms with Gasteiger partial charge < -0.3 is 14.8 Å². The van der Waals surface area contributed by atoms with Crippen molar-refractivity contribution in [3.63, 3.8) is 0 Å². The zero-order valence-electron chi connectivity index (χ0n) is 22.8. The smallest absolute Gasteiger partial charge is 0.256 e. The van der Waals surface area contributed by atoms with Crippen molar-refractivity contribution >= 4 is 16.8 Å². The molecule has 4 heterocycles. The molecule has 3 atom stereocenters. The van der Waals surface area contributed by atoms with Gasteiger partial charge in [-0.1, -0.05) is 6.92 Å². The monoisotopic (exact) mass is 505 g/mol. The molecular weight excluding hydrogens is 465 g/mol. The van der Waals surface area contributed by atoms with E-state index in [0.29, 0.717) is 29.1 Å². The average molecular weight is 506 g/mol. The van der Waals surface area contributed by atoms with Crippen molar-refractivity contribution in [3.05, 3.63) is 59.3 Å². The van der Waals surface area contributed by atoms with Crippen molar-refractivity contribution in [2.75, 3.05) is 33.2 Å². The van der Waals surface area contributed by atoms with E-state index in [1.807, 2.05) is 30.8 Å². The van der Waals surface area contributed by atoms with Gasteiger partial charge in [-0.15, -0.1) is 0 Å². The van der Waals surface area contributed by atoms with E-state index in [-0.39, 0.29) is 11.9 Å². The third-order valence-corrected chi connectivity index (χ3v) is 8.56. The largest absolute Gasteiger partial charge is 0.339 e. The highest BCUT2D eigenvalue weighted by Crippen LogP contribution is 2.33. The first-order valence-corrected chi connectivity index (χ1v) is 13.7. The molecule has 2 unspecified atom stereocenters. The number of hydrogen-bond acceptors (Lipinski definition) is 4. The van der Waals surface area contributed by atoms with E-state index < -0.39 is 5.82 Å². The summed E-state index contributed by atoms with van der Waals surface area (Å²) in [6.07, 6.45) is 9.36. The predicted molar refractivity (Wildman–Crippen MR) is 147 cm³/mol. The molecule has 6 nitrogen and oxygen atoms in total. The number of hydrogen-bond donors (Lipinski definition) is 1. The Labute approximate surface area is 219 Å². The first-order valence-electron chi connectivity index (χ1n) is 13.7. The van der Waals surface area contributed by atoms with Crippen LogP contribution in [0.1, 0.15) is 55.1 Å². The summed E-state index contributed by atoms with van der Waals surface area (Å²) in [7, 11) is 1.77. The van der Waals surface area contributed by atoms with Crippen molar-refractivity contribution < 1.29 is 9.18 Å². The van der Waals surface area contributed by atoms with Crippen molar-refractivity contribution in [2.45, 2.75) is 59.0 Å². The van der Waals surface area contributed by atoms with Gasteiger partial charge >= 0.3 is 0 Å². The van der Waals surface area contributed by atoms with Gasteiger partial charge in [0.05, 0.1) is 23.0 Å².